The van der Waals surface area contributed by atoms with Crippen LogP contribution in [0.5, 0.6) is 0 Å². The average molecular weight is 282 g/mol. The average Bonchev–Trinajstić information content (AvgIpc) is 2.52. The summed E-state index contributed by atoms with van der Waals surface area (Å²) in [6.45, 7) is 11.2. The maximum absolute atomic E-state index is 5.86. The Morgan fingerprint density at radius 1 is 1.15 bits per heavy atom. The van der Waals surface area contributed by atoms with Crippen LogP contribution < -0.4 is 5.32 Å². The van der Waals surface area contributed by atoms with Crippen molar-refractivity contribution in [1.82, 2.24) is 10.2 Å². The molecule has 1 heterocycles. The molecule has 118 valence electrons. The molecular formula is C17H34N2O. The first kappa shape index (κ1) is 16.3. The van der Waals surface area contributed by atoms with E-state index in [1.807, 2.05) is 0 Å². The van der Waals surface area contributed by atoms with Gasteiger partial charge < -0.3 is 10.1 Å². The van der Waals surface area contributed by atoms with Gasteiger partial charge in [0.25, 0.3) is 0 Å². The minimum absolute atomic E-state index is 0.456. The summed E-state index contributed by atoms with van der Waals surface area (Å²) in [6.07, 6.45) is 8.34. The number of rotatable bonds is 6. The summed E-state index contributed by atoms with van der Waals surface area (Å²) in [5.74, 6) is 0.933. The van der Waals surface area contributed by atoms with Crippen molar-refractivity contribution in [1.29, 1.82) is 0 Å². The zero-order valence-corrected chi connectivity index (χ0v) is 13.7. The Hall–Kier alpha value is -0.120. The fourth-order valence-electron chi connectivity index (χ4n) is 3.86. The molecule has 1 aliphatic carbocycles. The first-order chi connectivity index (χ1) is 9.78. The number of nitrogens with zero attached hydrogens (tertiary/aromatic N) is 1. The van der Waals surface area contributed by atoms with Crippen molar-refractivity contribution in [3.63, 3.8) is 0 Å². The maximum Gasteiger partial charge on any atom is 0.0700 e. The molecule has 2 fully saturated rings. The first-order valence-electron chi connectivity index (χ1n) is 8.87. The number of hydrogen-bond donors (Lipinski definition) is 1. The summed E-state index contributed by atoms with van der Waals surface area (Å²) in [6, 6.07) is 1.44. The lowest BCUT2D eigenvalue weighted by Crippen LogP contribution is -2.57. The van der Waals surface area contributed by atoms with Gasteiger partial charge in [-0.15, -0.1) is 0 Å². The van der Waals surface area contributed by atoms with Crippen molar-refractivity contribution < 1.29 is 4.74 Å². The molecule has 0 aromatic heterocycles. The van der Waals surface area contributed by atoms with Crippen molar-refractivity contribution >= 4 is 0 Å². The molecule has 4 unspecified atom stereocenters. The lowest BCUT2D eigenvalue weighted by molar-refractivity contribution is -0.0580. The van der Waals surface area contributed by atoms with Gasteiger partial charge in [-0.3, -0.25) is 4.90 Å². The lowest BCUT2D eigenvalue weighted by atomic mass is 9.80. The minimum Gasteiger partial charge on any atom is -0.376 e. The van der Waals surface area contributed by atoms with E-state index < -0.39 is 0 Å². The van der Waals surface area contributed by atoms with Gasteiger partial charge in [-0.2, -0.15) is 0 Å². The van der Waals surface area contributed by atoms with Crippen LogP contribution in [0.25, 0.3) is 0 Å². The van der Waals surface area contributed by atoms with Gasteiger partial charge in [0.05, 0.1) is 12.7 Å². The molecule has 0 spiro atoms. The third-order valence-electron chi connectivity index (χ3n) is 5.25. The molecule has 0 aromatic carbocycles. The van der Waals surface area contributed by atoms with E-state index in [-0.39, 0.29) is 0 Å². The molecule has 3 heteroatoms. The zero-order chi connectivity index (χ0) is 14.4. The van der Waals surface area contributed by atoms with Gasteiger partial charge in [0.1, 0.15) is 0 Å². The van der Waals surface area contributed by atoms with Crippen molar-refractivity contribution in [3.8, 4) is 0 Å². The highest BCUT2D eigenvalue weighted by molar-refractivity contribution is 4.92. The van der Waals surface area contributed by atoms with E-state index in [1.54, 1.807) is 0 Å². The van der Waals surface area contributed by atoms with E-state index in [9.17, 15) is 0 Å². The van der Waals surface area contributed by atoms with Crippen LogP contribution in [0.2, 0.25) is 0 Å². The molecule has 0 bridgehead atoms. The summed E-state index contributed by atoms with van der Waals surface area (Å²) in [4.78, 5) is 2.73. The molecule has 2 rings (SSSR count). The SMILES string of the molecule is CCCNC1CCC(CC)CC1N1CCOC(CC)C1. The van der Waals surface area contributed by atoms with E-state index in [0.717, 1.165) is 38.1 Å². The standard InChI is InChI=1S/C17H34N2O/c1-4-9-18-16-8-7-14(5-2)12-17(16)19-10-11-20-15(6-3)13-19/h14-18H,4-13H2,1-3H3. The summed E-state index contributed by atoms with van der Waals surface area (Å²) in [5, 5.41) is 3.81. The van der Waals surface area contributed by atoms with Crippen molar-refractivity contribution in [2.24, 2.45) is 5.92 Å². The monoisotopic (exact) mass is 282 g/mol. The highest BCUT2D eigenvalue weighted by atomic mass is 16.5. The van der Waals surface area contributed by atoms with Gasteiger partial charge >= 0.3 is 0 Å². The Bertz CT molecular complexity index is 272. The predicted octanol–water partition coefficient (Wildman–Crippen LogP) is 3.04. The highest BCUT2D eigenvalue weighted by Crippen LogP contribution is 2.31. The first-order valence-corrected chi connectivity index (χ1v) is 8.87. The van der Waals surface area contributed by atoms with Crippen LogP contribution in [0.15, 0.2) is 0 Å². The van der Waals surface area contributed by atoms with Crippen molar-refractivity contribution in [2.45, 2.75) is 77.5 Å². The van der Waals surface area contributed by atoms with Gasteiger partial charge in [-0.25, -0.2) is 0 Å². The van der Waals surface area contributed by atoms with Gasteiger partial charge in [0.15, 0.2) is 0 Å². The summed E-state index contributed by atoms with van der Waals surface area (Å²) in [7, 11) is 0. The van der Waals surface area contributed by atoms with E-state index in [2.05, 4.69) is 31.0 Å². The van der Waals surface area contributed by atoms with E-state index >= 15 is 0 Å². The van der Waals surface area contributed by atoms with Crippen LogP contribution in [-0.2, 0) is 4.74 Å². The van der Waals surface area contributed by atoms with Crippen LogP contribution >= 0.6 is 0 Å². The normalized spacial score (nSPS) is 36.1. The van der Waals surface area contributed by atoms with Crippen LogP contribution in [0, 0.1) is 5.92 Å². The Morgan fingerprint density at radius 3 is 2.70 bits per heavy atom. The number of ether oxygens (including phenoxy) is 1. The fourth-order valence-corrected chi connectivity index (χ4v) is 3.86. The molecular weight excluding hydrogens is 248 g/mol. The van der Waals surface area contributed by atoms with Crippen molar-refractivity contribution in [2.75, 3.05) is 26.2 Å². The van der Waals surface area contributed by atoms with Crippen molar-refractivity contribution in [3.05, 3.63) is 0 Å². The Kier molecular flexibility index (Phi) is 6.79. The summed E-state index contributed by atoms with van der Waals surface area (Å²) < 4.78 is 5.86. The highest BCUT2D eigenvalue weighted by Gasteiger charge is 2.35. The summed E-state index contributed by atoms with van der Waals surface area (Å²) >= 11 is 0. The predicted molar refractivity (Wildman–Crippen MR) is 85.1 cm³/mol. The molecule has 1 N–H and O–H groups in total. The number of nitrogens with one attached hydrogen (secondary N) is 1. The third kappa shape index (κ3) is 4.19. The quantitative estimate of drug-likeness (QED) is 0.810. The number of morpholine rings is 1. The van der Waals surface area contributed by atoms with Gasteiger partial charge in [0.2, 0.25) is 0 Å². The van der Waals surface area contributed by atoms with Crippen LogP contribution in [0.1, 0.15) is 59.3 Å². The third-order valence-corrected chi connectivity index (χ3v) is 5.25. The fraction of sp³-hybridized carbons (Fsp3) is 1.00. The van der Waals surface area contributed by atoms with Gasteiger partial charge in [-0.05, 0) is 44.6 Å². The molecule has 1 saturated heterocycles. The van der Waals surface area contributed by atoms with Crippen LogP contribution in [0.3, 0.4) is 0 Å². The molecule has 20 heavy (non-hydrogen) atoms. The Balaban J connectivity index is 1.97. The van der Waals surface area contributed by atoms with Gasteiger partial charge in [-0.1, -0.05) is 27.2 Å². The van der Waals surface area contributed by atoms with E-state index in [4.69, 9.17) is 4.74 Å². The zero-order valence-electron chi connectivity index (χ0n) is 13.7. The van der Waals surface area contributed by atoms with Crippen LogP contribution in [0.4, 0.5) is 0 Å². The second kappa shape index (κ2) is 8.35. The Morgan fingerprint density at radius 2 is 2.00 bits per heavy atom. The lowest BCUT2D eigenvalue weighted by Gasteiger charge is -2.46. The van der Waals surface area contributed by atoms with E-state index in [0.29, 0.717) is 12.1 Å². The molecule has 1 saturated carbocycles. The minimum atomic E-state index is 0.456. The molecule has 0 radical (unpaired) electrons. The smallest absolute Gasteiger partial charge is 0.0700 e. The Labute approximate surface area is 125 Å². The van der Waals surface area contributed by atoms with E-state index in [1.165, 1.54) is 38.6 Å². The second-order valence-electron chi connectivity index (χ2n) is 6.61. The van der Waals surface area contributed by atoms with Gasteiger partial charge in [0, 0.05) is 25.2 Å². The van der Waals surface area contributed by atoms with Crippen LogP contribution in [-0.4, -0.2) is 49.3 Å². The summed E-state index contributed by atoms with van der Waals surface area (Å²) in [5.41, 5.74) is 0. The molecule has 2 aliphatic rings. The largest absolute Gasteiger partial charge is 0.376 e. The molecule has 1 aliphatic heterocycles. The molecule has 4 atom stereocenters. The molecule has 0 aromatic rings. The molecule has 3 nitrogen and oxygen atoms in total. The maximum atomic E-state index is 5.86. The topological polar surface area (TPSA) is 24.5 Å². The second-order valence-corrected chi connectivity index (χ2v) is 6.61. The molecule has 0 amide bonds. The number of hydrogen-bond acceptors (Lipinski definition) is 3.